The molecule has 0 aliphatic heterocycles. The van der Waals surface area contributed by atoms with Crippen LogP contribution in [-0.2, 0) is 4.74 Å². The quantitative estimate of drug-likeness (QED) is 0.834. The summed E-state index contributed by atoms with van der Waals surface area (Å²) in [4.78, 5) is 13.1. The molecule has 1 aromatic carbocycles. The summed E-state index contributed by atoms with van der Waals surface area (Å²) < 4.78 is 5.92. The largest absolute Gasteiger partial charge is 0.478 e. The summed E-state index contributed by atoms with van der Waals surface area (Å²) in [6.07, 6.45) is 0. The number of halogens is 1. The minimum Gasteiger partial charge on any atom is -0.478 e. The van der Waals surface area contributed by atoms with Crippen LogP contribution in [0.4, 0.5) is 5.69 Å². The number of aromatic carboxylic acids is 1. The number of ether oxygens (including phenoxy) is 1. The summed E-state index contributed by atoms with van der Waals surface area (Å²) in [5.74, 6) is -0.401. The summed E-state index contributed by atoms with van der Waals surface area (Å²) in [7, 11) is 1.68. The molecule has 0 aliphatic rings. The topological polar surface area (TPSA) is 49.8 Å². The molecule has 0 spiro atoms. The van der Waals surface area contributed by atoms with E-state index in [1.54, 1.807) is 19.2 Å². The zero-order valence-electron chi connectivity index (χ0n) is 11.5. The normalized spacial score (nSPS) is 10.8. The maximum Gasteiger partial charge on any atom is 0.335 e. The summed E-state index contributed by atoms with van der Waals surface area (Å²) >= 11 is 3.45. The maximum atomic E-state index is 10.9. The molecule has 0 saturated carbocycles. The van der Waals surface area contributed by atoms with E-state index in [1.807, 2.05) is 6.07 Å². The predicted octanol–water partition coefficient (Wildman–Crippen LogP) is 3.26. The molecule has 1 aromatic rings. The first-order valence-corrected chi connectivity index (χ1v) is 7.01. The van der Waals surface area contributed by atoms with E-state index in [-0.39, 0.29) is 5.56 Å². The first-order valence-electron chi connectivity index (χ1n) is 6.22. The SMILES string of the molecule is COCCN(CC(C)C)c1ccc(C(=O)O)cc1Br. The Morgan fingerprint density at radius 3 is 2.63 bits per heavy atom. The van der Waals surface area contributed by atoms with Crippen molar-refractivity contribution in [2.45, 2.75) is 13.8 Å². The fourth-order valence-electron chi connectivity index (χ4n) is 1.85. The van der Waals surface area contributed by atoms with Crippen LogP contribution in [0.5, 0.6) is 0 Å². The van der Waals surface area contributed by atoms with Crippen molar-refractivity contribution >= 4 is 27.6 Å². The number of anilines is 1. The molecule has 1 rings (SSSR count). The van der Waals surface area contributed by atoms with Crippen molar-refractivity contribution in [2.75, 3.05) is 31.7 Å². The third-order valence-corrected chi connectivity index (χ3v) is 3.32. The highest BCUT2D eigenvalue weighted by Crippen LogP contribution is 2.28. The molecule has 0 aromatic heterocycles. The average Bonchev–Trinajstić information content (AvgIpc) is 2.34. The lowest BCUT2D eigenvalue weighted by Gasteiger charge is -2.27. The summed E-state index contributed by atoms with van der Waals surface area (Å²) in [6.45, 7) is 6.62. The van der Waals surface area contributed by atoms with Crippen molar-refractivity contribution in [1.82, 2.24) is 0 Å². The smallest absolute Gasteiger partial charge is 0.335 e. The highest BCUT2D eigenvalue weighted by Gasteiger charge is 2.13. The third-order valence-electron chi connectivity index (χ3n) is 2.69. The van der Waals surface area contributed by atoms with Gasteiger partial charge < -0.3 is 14.7 Å². The van der Waals surface area contributed by atoms with Gasteiger partial charge >= 0.3 is 5.97 Å². The van der Waals surface area contributed by atoms with E-state index in [4.69, 9.17) is 9.84 Å². The summed E-state index contributed by atoms with van der Waals surface area (Å²) in [5, 5.41) is 8.97. The molecule has 0 bridgehead atoms. The van der Waals surface area contributed by atoms with Gasteiger partial charge in [0.1, 0.15) is 0 Å². The lowest BCUT2D eigenvalue weighted by molar-refractivity contribution is 0.0697. The Labute approximate surface area is 122 Å². The van der Waals surface area contributed by atoms with Crippen LogP contribution in [-0.4, -0.2) is 37.9 Å². The first-order chi connectivity index (χ1) is 8.95. The third kappa shape index (κ3) is 4.84. The Balaban J connectivity index is 2.97. The molecule has 4 nitrogen and oxygen atoms in total. The Hall–Kier alpha value is -1.07. The molecule has 19 heavy (non-hydrogen) atoms. The van der Waals surface area contributed by atoms with Gasteiger partial charge in [0.05, 0.1) is 17.9 Å². The fraction of sp³-hybridized carbons (Fsp3) is 0.500. The lowest BCUT2D eigenvalue weighted by Crippen LogP contribution is -2.31. The molecular formula is C14H20BrNO3. The van der Waals surface area contributed by atoms with Crippen LogP contribution in [0.25, 0.3) is 0 Å². The molecule has 0 amide bonds. The number of rotatable bonds is 7. The van der Waals surface area contributed by atoms with Gasteiger partial charge in [-0.1, -0.05) is 13.8 Å². The second-order valence-corrected chi connectivity index (χ2v) is 5.66. The van der Waals surface area contributed by atoms with E-state index < -0.39 is 5.97 Å². The minimum atomic E-state index is -0.917. The molecule has 0 radical (unpaired) electrons. The van der Waals surface area contributed by atoms with Crippen LogP contribution in [0.3, 0.4) is 0 Å². The Morgan fingerprint density at radius 2 is 2.16 bits per heavy atom. The molecule has 0 unspecified atom stereocenters. The van der Waals surface area contributed by atoms with Crippen molar-refractivity contribution in [2.24, 2.45) is 5.92 Å². The maximum absolute atomic E-state index is 10.9. The van der Waals surface area contributed by atoms with Crippen LogP contribution >= 0.6 is 15.9 Å². The van der Waals surface area contributed by atoms with Gasteiger partial charge in [-0.25, -0.2) is 4.79 Å². The number of carboxylic acids is 1. The van der Waals surface area contributed by atoms with Crippen molar-refractivity contribution in [3.8, 4) is 0 Å². The van der Waals surface area contributed by atoms with Gasteiger partial charge in [0.25, 0.3) is 0 Å². The van der Waals surface area contributed by atoms with Crippen LogP contribution < -0.4 is 4.90 Å². The zero-order valence-corrected chi connectivity index (χ0v) is 13.1. The molecule has 5 heteroatoms. The number of methoxy groups -OCH3 is 1. The van der Waals surface area contributed by atoms with E-state index in [0.29, 0.717) is 12.5 Å². The zero-order chi connectivity index (χ0) is 14.4. The molecule has 0 aliphatic carbocycles. The Morgan fingerprint density at radius 1 is 1.47 bits per heavy atom. The highest BCUT2D eigenvalue weighted by molar-refractivity contribution is 9.10. The van der Waals surface area contributed by atoms with Crippen molar-refractivity contribution in [1.29, 1.82) is 0 Å². The molecule has 0 heterocycles. The Kier molecular flexibility index (Phi) is 6.31. The number of hydrogen-bond acceptors (Lipinski definition) is 3. The van der Waals surface area contributed by atoms with Gasteiger partial charge in [-0.15, -0.1) is 0 Å². The minimum absolute atomic E-state index is 0.284. The number of benzene rings is 1. The summed E-state index contributed by atoms with van der Waals surface area (Å²) in [5.41, 5.74) is 1.28. The van der Waals surface area contributed by atoms with Crippen molar-refractivity contribution in [3.63, 3.8) is 0 Å². The van der Waals surface area contributed by atoms with E-state index in [0.717, 1.165) is 23.2 Å². The second-order valence-electron chi connectivity index (χ2n) is 4.80. The number of carbonyl (C=O) groups is 1. The molecule has 0 atom stereocenters. The van der Waals surface area contributed by atoms with Crippen molar-refractivity contribution < 1.29 is 14.6 Å². The highest BCUT2D eigenvalue weighted by atomic mass is 79.9. The van der Waals surface area contributed by atoms with Crippen molar-refractivity contribution in [3.05, 3.63) is 28.2 Å². The van der Waals surface area contributed by atoms with Crippen LogP contribution in [0.15, 0.2) is 22.7 Å². The second kappa shape index (κ2) is 7.50. The van der Waals surface area contributed by atoms with Crippen LogP contribution in [0.2, 0.25) is 0 Å². The van der Waals surface area contributed by atoms with E-state index in [9.17, 15) is 4.79 Å². The van der Waals surface area contributed by atoms with Gasteiger partial charge in [-0.2, -0.15) is 0 Å². The van der Waals surface area contributed by atoms with Gasteiger partial charge in [0.2, 0.25) is 0 Å². The van der Waals surface area contributed by atoms with E-state index >= 15 is 0 Å². The standard InChI is InChI=1S/C14H20BrNO3/c1-10(2)9-16(6-7-19-3)13-5-4-11(14(17)18)8-12(13)15/h4-5,8,10H,6-7,9H2,1-3H3,(H,17,18). The molecule has 1 N–H and O–H groups in total. The van der Waals surface area contributed by atoms with Gasteiger partial charge in [-0.3, -0.25) is 0 Å². The van der Waals surface area contributed by atoms with Gasteiger partial charge in [-0.05, 0) is 40.0 Å². The van der Waals surface area contributed by atoms with E-state index in [1.165, 1.54) is 0 Å². The Bertz CT molecular complexity index is 435. The monoisotopic (exact) mass is 329 g/mol. The molecule has 0 fully saturated rings. The van der Waals surface area contributed by atoms with Gasteiger partial charge in [0.15, 0.2) is 0 Å². The number of nitrogens with zero attached hydrogens (tertiary/aromatic N) is 1. The lowest BCUT2D eigenvalue weighted by atomic mass is 10.1. The number of carboxylic acid groups (broad SMARTS) is 1. The fourth-order valence-corrected chi connectivity index (χ4v) is 2.48. The average molecular weight is 330 g/mol. The van der Waals surface area contributed by atoms with E-state index in [2.05, 4.69) is 34.7 Å². The predicted molar refractivity (Wildman–Crippen MR) is 80.0 cm³/mol. The number of hydrogen-bond donors (Lipinski definition) is 1. The molecular weight excluding hydrogens is 310 g/mol. The molecule has 106 valence electrons. The van der Waals surface area contributed by atoms with Gasteiger partial charge in [0, 0.05) is 24.7 Å². The van der Waals surface area contributed by atoms with Crippen LogP contribution in [0.1, 0.15) is 24.2 Å². The van der Waals surface area contributed by atoms with Crippen LogP contribution in [0, 0.1) is 5.92 Å². The molecule has 0 saturated heterocycles. The summed E-state index contributed by atoms with van der Waals surface area (Å²) in [6, 6.07) is 5.10. The first kappa shape index (κ1) is 16.0.